The number of aryl methyl sites for hydroxylation is 1. The molecular weight excluding hydrogens is 479 g/mol. The minimum atomic E-state index is -0.279. The molecule has 1 N–H and O–H groups in total. The Kier molecular flexibility index (Phi) is 5.48. The lowest BCUT2D eigenvalue weighted by Crippen LogP contribution is -2.33. The summed E-state index contributed by atoms with van der Waals surface area (Å²) in [4.78, 5) is 22.3. The van der Waals surface area contributed by atoms with E-state index in [-0.39, 0.29) is 16.8 Å². The van der Waals surface area contributed by atoms with Gasteiger partial charge in [0.25, 0.3) is 5.56 Å². The molecule has 0 saturated heterocycles. The molecule has 6 rings (SSSR count). The Morgan fingerprint density at radius 2 is 1.76 bits per heavy atom. The molecule has 7 nitrogen and oxygen atoms in total. The van der Waals surface area contributed by atoms with Gasteiger partial charge in [-0.2, -0.15) is 4.68 Å². The van der Waals surface area contributed by atoms with Crippen LogP contribution in [0.3, 0.4) is 0 Å². The smallest absolute Gasteiger partial charge is 0.296 e. The lowest BCUT2D eigenvalue weighted by atomic mass is 9.92. The standard InChI is InChI=1S/C30H27FN6O/c1-5-22-16-27(38)37-29(33-22)24(17-32-37)20-7-6-8-23(15-20)36-18-25(19-9-11-21(31)12-10-19)28-34-26(30(2,3)4)13-14-35(28)36/h6-18H,5H2,1-4H3/p+1. The molecule has 0 aliphatic rings. The van der Waals surface area contributed by atoms with Crippen LogP contribution in [0.5, 0.6) is 0 Å². The van der Waals surface area contributed by atoms with E-state index in [1.807, 2.05) is 59.0 Å². The molecule has 8 heteroatoms. The van der Waals surface area contributed by atoms with E-state index >= 15 is 0 Å². The number of H-pyrrole nitrogens is 1. The Morgan fingerprint density at radius 3 is 2.50 bits per heavy atom. The maximum atomic E-state index is 13.7. The van der Waals surface area contributed by atoms with Crippen molar-refractivity contribution in [3.8, 4) is 27.9 Å². The highest BCUT2D eigenvalue weighted by atomic mass is 19.1. The minimum Gasteiger partial charge on any atom is -0.296 e. The van der Waals surface area contributed by atoms with Crippen LogP contribution in [-0.4, -0.2) is 24.3 Å². The van der Waals surface area contributed by atoms with Crippen LogP contribution in [0.25, 0.3) is 39.2 Å². The fourth-order valence-corrected chi connectivity index (χ4v) is 4.70. The summed E-state index contributed by atoms with van der Waals surface area (Å²) >= 11 is 0. The van der Waals surface area contributed by atoms with Crippen molar-refractivity contribution < 1.29 is 8.91 Å². The Hall–Kier alpha value is -4.59. The van der Waals surface area contributed by atoms with Crippen LogP contribution >= 0.6 is 0 Å². The summed E-state index contributed by atoms with van der Waals surface area (Å²) in [5.41, 5.74) is 7.28. The fraction of sp³-hybridized carbons (Fsp3) is 0.200. The first-order valence-electron chi connectivity index (χ1n) is 12.6. The van der Waals surface area contributed by atoms with Crippen molar-refractivity contribution in [2.45, 2.75) is 39.5 Å². The van der Waals surface area contributed by atoms with Gasteiger partial charge >= 0.3 is 5.65 Å². The summed E-state index contributed by atoms with van der Waals surface area (Å²) in [6, 6.07) is 18.1. The number of rotatable bonds is 4. The molecule has 0 radical (unpaired) electrons. The number of benzene rings is 2. The molecule has 0 spiro atoms. The first kappa shape index (κ1) is 23.8. The zero-order valence-electron chi connectivity index (χ0n) is 21.7. The third kappa shape index (κ3) is 3.98. The average Bonchev–Trinajstić information content (AvgIpc) is 3.51. The van der Waals surface area contributed by atoms with Crippen molar-refractivity contribution in [3.63, 3.8) is 0 Å². The summed E-state index contributed by atoms with van der Waals surface area (Å²) < 4.78 is 19.2. The lowest BCUT2D eigenvalue weighted by Gasteiger charge is -2.12. The molecule has 0 bridgehead atoms. The average molecular weight is 508 g/mol. The van der Waals surface area contributed by atoms with Gasteiger partial charge in [-0.3, -0.25) is 9.89 Å². The number of nitrogens with zero attached hydrogens (tertiary/aromatic N) is 5. The zero-order chi connectivity index (χ0) is 26.6. The van der Waals surface area contributed by atoms with E-state index in [9.17, 15) is 9.18 Å². The van der Waals surface area contributed by atoms with E-state index < -0.39 is 0 Å². The van der Waals surface area contributed by atoms with Gasteiger partial charge < -0.3 is 0 Å². The number of hydrogen-bond acceptors (Lipinski definition) is 3. The van der Waals surface area contributed by atoms with Crippen molar-refractivity contribution in [1.82, 2.24) is 24.3 Å². The first-order valence-corrected chi connectivity index (χ1v) is 12.6. The van der Waals surface area contributed by atoms with Crippen molar-refractivity contribution in [1.29, 1.82) is 0 Å². The fourth-order valence-electron chi connectivity index (χ4n) is 4.70. The van der Waals surface area contributed by atoms with E-state index in [0.717, 1.165) is 45.0 Å². The van der Waals surface area contributed by atoms with Crippen LogP contribution in [-0.2, 0) is 11.8 Å². The molecule has 0 unspecified atom stereocenters. The maximum absolute atomic E-state index is 13.7. The quantitative estimate of drug-likeness (QED) is 0.330. The van der Waals surface area contributed by atoms with Gasteiger partial charge in [0.15, 0.2) is 11.3 Å². The molecule has 0 fully saturated rings. The second kappa shape index (κ2) is 8.76. The van der Waals surface area contributed by atoms with Crippen LogP contribution < -0.4 is 10.1 Å². The predicted octanol–water partition coefficient (Wildman–Crippen LogP) is 5.28. The monoisotopic (exact) mass is 507 g/mol. The third-order valence-corrected chi connectivity index (χ3v) is 6.80. The van der Waals surface area contributed by atoms with Gasteiger partial charge in [0.2, 0.25) is 0 Å². The van der Waals surface area contributed by atoms with Gasteiger partial charge in [-0.25, -0.2) is 13.9 Å². The zero-order valence-corrected chi connectivity index (χ0v) is 21.7. The van der Waals surface area contributed by atoms with Crippen molar-refractivity contribution in [2.75, 3.05) is 0 Å². The van der Waals surface area contributed by atoms with Gasteiger partial charge in [0.05, 0.1) is 17.4 Å². The Balaban J connectivity index is 1.55. The molecule has 6 aromatic rings. The third-order valence-electron chi connectivity index (χ3n) is 6.80. The van der Waals surface area contributed by atoms with Crippen LogP contribution in [0.1, 0.15) is 39.1 Å². The summed E-state index contributed by atoms with van der Waals surface area (Å²) in [7, 11) is 0. The largest absolute Gasteiger partial charge is 0.356 e. The summed E-state index contributed by atoms with van der Waals surface area (Å²) in [5, 5.41) is 3.03. The first-order chi connectivity index (χ1) is 18.2. The molecule has 2 aromatic carbocycles. The second-order valence-corrected chi connectivity index (χ2v) is 10.5. The summed E-state index contributed by atoms with van der Waals surface area (Å²) in [6.45, 7) is 8.38. The van der Waals surface area contributed by atoms with E-state index in [1.54, 1.807) is 18.2 Å². The van der Waals surface area contributed by atoms with Gasteiger partial charge in [-0.15, -0.1) is 4.52 Å². The molecule has 4 aromatic heterocycles. The number of aromatic amines is 1. The number of fused-ring (bicyclic) bond motifs is 2. The highest BCUT2D eigenvalue weighted by molar-refractivity contribution is 5.78. The number of aromatic nitrogens is 6. The molecule has 0 aliphatic carbocycles. The lowest BCUT2D eigenvalue weighted by molar-refractivity contribution is -0.600. The number of nitrogens with one attached hydrogen (secondary N) is 1. The van der Waals surface area contributed by atoms with Crippen LogP contribution in [0, 0.1) is 5.82 Å². The van der Waals surface area contributed by atoms with E-state index in [1.165, 1.54) is 16.6 Å². The molecule has 0 amide bonds. The Morgan fingerprint density at radius 1 is 0.974 bits per heavy atom. The van der Waals surface area contributed by atoms with E-state index in [0.29, 0.717) is 12.1 Å². The molecule has 0 saturated carbocycles. The van der Waals surface area contributed by atoms with Gasteiger partial charge in [0.1, 0.15) is 12.0 Å². The highest BCUT2D eigenvalue weighted by Crippen LogP contribution is 2.29. The van der Waals surface area contributed by atoms with Crippen molar-refractivity contribution in [3.05, 3.63) is 107 Å². The normalized spacial score (nSPS) is 12.0. The van der Waals surface area contributed by atoms with E-state index in [2.05, 4.69) is 31.9 Å². The molecular formula is C30H28FN6O+. The predicted molar refractivity (Wildman–Crippen MR) is 145 cm³/mol. The Bertz CT molecular complexity index is 1870. The number of hydrogen-bond donors (Lipinski definition) is 1. The number of halogens is 1. The second-order valence-electron chi connectivity index (χ2n) is 10.5. The summed E-state index contributed by atoms with van der Waals surface area (Å²) in [6.07, 6.45) is 6.53. The topological polar surface area (TPSA) is 72.1 Å². The van der Waals surface area contributed by atoms with E-state index in [4.69, 9.17) is 9.97 Å². The molecule has 4 heterocycles. The van der Waals surface area contributed by atoms with Crippen LogP contribution in [0.2, 0.25) is 0 Å². The minimum absolute atomic E-state index is 0.130. The molecule has 0 aliphatic heterocycles. The van der Waals surface area contributed by atoms with Crippen LogP contribution in [0.15, 0.2) is 84.0 Å². The molecule has 38 heavy (non-hydrogen) atoms. The van der Waals surface area contributed by atoms with Gasteiger partial charge in [0, 0.05) is 35.0 Å². The Labute approximate surface area is 218 Å². The van der Waals surface area contributed by atoms with Crippen molar-refractivity contribution in [2.24, 2.45) is 0 Å². The SMILES string of the molecule is CCc1cc(=O)n2[nH]cc(-c3cccc(-n4cc(-c5ccc(F)cc5)c5nc(C(C)(C)C)cc[n+]54)c3)c2n1. The van der Waals surface area contributed by atoms with Crippen molar-refractivity contribution >= 4 is 11.3 Å². The molecule has 0 atom stereocenters. The van der Waals surface area contributed by atoms with Crippen LogP contribution in [0.4, 0.5) is 4.39 Å². The highest BCUT2D eigenvalue weighted by Gasteiger charge is 2.27. The molecule has 190 valence electrons. The summed E-state index contributed by atoms with van der Waals surface area (Å²) in [5.74, 6) is -0.279. The van der Waals surface area contributed by atoms with Gasteiger partial charge in [-0.05, 0) is 46.8 Å². The van der Waals surface area contributed by atoms with Gasteiger partial charge in [-0.1, -0.05) is 52.0 Å². The maximum Gasteiger partial charge on any atom is 0.356 e.